The topological polar surface area (TPSA) is 133 Å². The lowest BCUT2D eigenvalue weighted by Crippen LogP contribution is -2.25. The molecule has 0 saturated carbocycles. The molecule has 2 heterocycles. The molecule has 0 aliphatic rings. The Morgan fingerprint density at radius 1 is 1.23 bits per heavy atom. The predicted octanol–water partition coefficient (Wildman–Crippen LogP) is 4.23. The van der Waals surface area contributed by atoms with Crippen LogP contribution in [0.2, 0.25) is 0 Å². The summed E-state index contributed by atoms with van der Waals surface area (Å²) in [5.74, 6) is -1.98. The maximum atomic E-state index is 13.4. The van der Waals surface area contributed by atoms with Gasteiger partial charge in [-0.15, -0.1) is 11.3 Å². The molecule has 2 aromatic heterocycles. The summed E-state index contributed by atoms with van der Waals surface area (Å²) in [6.45, 7) is 3.23. The molecule has 0 fully saturated rings. The second kappa shape index (κ2) is 9.43. The fourth-order valence-electron chi connectivity index (χ4n) is 3.37. The van der Waals surface area contributed by atoms with E-state index in [9.17, 15) is 28.9 Å². The minimum Gasteiger partial charge on any atom is -0.461 e. The maximum absolute atomic E-state index is 13.4. The van der Waals surface area contributed by atoms with Crippen molar-refractivity contribution in [2.45, 2.75) is 13.8 Å². The zero-order valence-corrected chi connectivity index (χ0v) is 19.2. The van der Waals surface area contributed by atoms with Crippen molar-refractivity contribution in [1.29, 1.82) is 0 Å². The Kier molecular flexibility index (Phi) is 6.38. The van der Waals surface area contributed by atoms with Gasteiger partial charge in [-0.25, -0.2) is 9.18 Å². The number of thiophene rings is 1. The summed E-state index contributed by atoms with van der Waals surface area (Å²) >= 11 is 0.983. The fourth-order valence-corrected chi connectivity index (χ4v) is 4.30. The zero-order valence-electron chi connectivity index (χ0n) is 18.4. The number of anilines is 1. The third kappa shape index (κ3) is 4.51. The van der Waals surface area contributed by atoms with Crippen LogP contribution in [0, 0.1) is 22.9 Å². The van der Waals surface area contributed by atoms with Crippen LogP contribution in [-0.4, -0.2) is 33.2 Å². The minimum absolute atomic E-state index is 0.00709. The van der Waals surface area contributed by atoms with Crippen molar-refractivity contribution in [3.63, 3.8) is 0 Å². The number of ether oxygens (including phenoxy) is 1. The Morgan fingerprint density at radius 2 is 1.94 bits per heavy atom. The number of nitro benzene ring substituents is 1. The van der Waals surface area contributed by atoms with E-state index in [-0.39, 0.29) is 45.0 Å². The van der Waals surface area contributed by atoms with E-state index in [1.807, 2.05) is 0 Å². The molecule has 178 valence electrons. The second-order valence-corrected chi connectivity index (χ2v) is 8.21. The Bertz CT molecular complexity index is 1540. The number of aromatic nitrogens is 2. The molecular weight excluding hydrogens is 479 g/mol. The predicted molar refractivity (Wildman–Crippen MR) is 127 cm³/mol. The highest BCUT2D eigenvalue weighted by Crippen LogP contribution is 2.31. The number of halogens is 1. The van der Waals surface area contributed by atoms with Gasteiger partial charge in [0.05, 0.1) is 22.6 Å². The van der Waals surface area contributed by atoms with Gasteiger partial charge in [0.25, 0.3) is 17.2 Å². The molecule has 0 spiro atoms. The summed E-state index contributed by atoms with van der Waals surface area (Å²) in [5.41, 5.74) is -0.440. The number of hydrogen-bond donors (Lipinski definition) is 1. The van der Waals surface area contributed by atoms with E-state index in [2.05, 4.69) is 10.4 Å². The van der Waals surface area contributed by atoms with Crippen molar-refractivity contribution in [1.82, 2.24) is 9.78 Å². The van der Waals surface area contributed by atoms with Gasteiger partial charge in [-0.3, -0.25) is 19.7 Å². The van der Waals surface area contributed by atoms with Crippen LogP contribution >= 0.6 is 11.3 Å². The number of nitro groups is 1. The standard InChI is InChI=1S/C23H17FN4O6S/c1-3-34-23(31)19-16-11-35-21(25-20(29)13-5-4-12(2)17(10-13)28(32)33)18(16)22(30)27(26-19)15-8-6-14(24)7-9-15/h4-11H,3H2,1-2H3,(H,25,29). The summed E-state index contributed by atoms with van der Waals surface area (Å²) in [6.07, 6.45) is 0. The molecule has 0 bridgehead atoms. The lowest BCUT2D eigenvalue weighted by atomic mass is 10.1. The molecule has 0 saturated heterocycles. The van der Waals surface area contributed by atoms with E-state index in [0.29, 0.717) is 5.56 Å². The third-order valence-electron chi connectivity index (χ3n) is 5.09. The van der Waals surface area contributed by atoms with Crippen molar-refractivity contribution < 1.29 is 23.6 Å². The van der Waals surface area contributed by atoms with Crippen LogP contribution in [0.25, 0.3) is 16.5 Å². The van der Waals surface area contributed by atoms with Crippen molar-refractivity contribution >= 4 is 44.7 Å². The second-order valence-electron chi connectivity index (χ2n) is 7.33. The van der Waals surface area contributed by atoms with Crippen molar-refractivity contribution in [3.8, 4) is 5.69 Å². The molecule has 35 heavy (non-hydrogen) atoms. The Hall–Kier alpha value is -4.45. The summed E-state index contributed by atoms with van der Waals surface area (Å²) in [6, 6.07) is 8.93. The van der Waals surface area contributed by atoms with Crippen LogP contribution in [0.15, 0.2) is 52.6 Å². The van der Waals surface area contributed by atoms with E-state index in [0.717, 1.165) is 34.2 Å². The lowest BCUT2D eigenvalue weighted by Gasteiger charge is -2.10. The number of carbonyl (C=O) groups is 2. The summed E-state index contributed by atoms with van der Waals surface area (Å²) in [5, 5.41) is 19.7. The number of hydrogen-bond acceptors (Lipinski definition) is 8. The van der Waals surface area contributed by atoms with E-state index >= 15 is 0 Å². The van der Waals surface area contributed by atoms with Crippen molar-refractivity contribution in [2.75, 3.05) is 11.9 Å². The zero-order chi connectivity index (χ0) is 25.3. The number of esters is 1. The summed E-state index contributed by atoms with van der Waals surface area (Å²) in [7, 11) is 0. The molecule has 10 nitrogen and oxygen atoms in total. The van der Waals surface area contributed by atoms with Crippen LogP contribution in [0.5, 0.6) is 0 Å². The number of carbonyl (C=O) groups excluding carboxylic acids is 2. The molecule has 0 atom stereocenters. The molecule has 2 aromatic carbocycles. The maximum Gasteiger partial charge on any atom is 0.359 e. The van der Waals surface area contributed by atoms with Gasteiger partial charge in [0, 0.05) is 28.0 Å². The SMILES string of the molecule is CCOC(=O)c1nn(-c2ccc(F)cc2)c(=O)c2c(NC(=O)c3ccc(C)c([N+](=O)[O-])c3)scc12. The van der Waals surface area contributed by atoms with E-state index in [1.165, 1.54) is 29.6 Å². The van der Waals surface area contributed by atoms with Gasteiger partial charge < -0.3 is 10.1 Å². The van der Waals surface area contributed by atoms with Crippen LogP contribution in [0.4, 0.5) is 15.1 Å². The van der Waals surface area contributed by atoms with E-state index in [1.54, 1.807) is 13.8 Å². The van der Waals surface area contributed by atoms with Crippen LogP contribution < -0.4 is 10.9 Å². The van der Waals surface area contributed by atoms with Gasteiger partial charge >= 0.3 is 5.97 Å². The molecule has 4 aromatic rings. The Balaban J connectivity index is 1.85. The van der Waals surface area contributed by atoms with Crippen LogP contribution in [0.1, 0.15) is 33.3 Å². The average molecular weight is 496 g/mol. The van der Waals surface area contributed by atoms with Crippen molar-refractivity contribution in [3.05, 3.63) is 91.0 Å². The van der Waals surface area contributed by atoms with Gasteiger partial charge in [-0.1, -0.05) is 6.07 Å². The van der Waals surface area contributed by atoms with Crippen LogP contribution in [0.3, 0.4) is 0 Å². The quantitative estimate of drug-likeness (QED) is 0.240. The third-order valence-corrected chi connectivity index (χ3v) is 5.98. The van der Waals surface area contributed by atoms with E-state index in [4.69, 9.17) is 4.74 Å². The minimum atomic E-state index is -0.779. The van der Waals surface area contributed by atoms with Gasteiger partial charge in [-0.05, 0) is 44.2 Å². The lowest BCUT2D eigenvalue weighted by molar-refractivity contribution is -0.385. The van der Waals surface area contributed by atoms with Gasteiger partial charge in [-0.2, -0.15) is 9.78 Å². The van der Waals surface area contributed by atoms with Gasteiger partial charge in [0.1, 0.15) is 10.8 Å². The molecule has 1 N–H and O–H groups in total. The number of benzene rings is 2. The van der Waals surface area contributed by atoms with Crippen LogP contribution in [-0.2, 0) is 4.74 Å². The fraction of sp³-hybridized carbons (Fsp3) is 0.130. The molecule has 12 heteroatoms. The van der Waals surface area contributed by atoms with Gasteiger partial charge in [0.15, 0.2) is 5.69 Å². The normalized spacial score (nSPS) is 10.8. The monoisotopic (exact) mass is 496 g/mol. The smallest absolute Gasteiger partial charge is 0.359 e. The summed E-state index contributed by atoms with van der Waals surface area (Å²) < 4.78 is 19.4. The first-order valence-corrected chi connectivity index (χ1v) is 11.1. The summed E-state index contributed by atoms with van der Waals surface area (Å²) in [4.78, 5) is 49.5. The molecule has 0 radical (unpaired) electrons. The molecular formula is C23H17FN4O6S. The van der Waals surface area contributed by atoms with Crippen molar-refractivity contribution in [2.24, 2.45) is 0 Å². The number of nitrogens with zero attached hydrogens (tertiary/aromatic N) is 3. The molecule has 0 aliphatic carbocycles. The highest BCUT2D eigenvalue weighted by molar-refractivity contribution is 7.16. The number of fused-ring (bicyclic) bond motifs is 1. The average Bonchev–Trinajstić information content (AvgIpc) is 3.24. The first-order chi connectivity index (χ1) is 16.7. The molecule has 4 rings (SSSR count). The Morgan fingerprint density at radius 3 is 2.60 bits per heavy atom. The molecule has 1 amide bonds. The first-order valence-electron chi connectivity index (χ1n) is 10.2. The largest absolute Gasteiger partial charge is 0.461 e. The van der Waals surface area contributed by atoms with Gasteiger partial charge in [0.2, 0.25) is 0 Å². The number of amides is 1. The first kappa shape index (κ1) is 23.7. The highest BCUT2D eigenvalue weighted by Gasteiger charge is 2.24. The Labute approximate surface area is 200 Å². The highest BCUT2D eigenvalue weighted by atomic mass is 32.1. The molecule has 0 unspecified atom stereocenters. The van der Waals surface area contributed by atoms with E-state index < -0.39 is 28.2 Å². The molecule has 0 aliphatic heterocycles. The number of nitrogens with one attached hydrogen (secondary N) is 1. The number of aryl methyl sites for hydroxylation is 1. The number of rotatable bonds is 6.